The van der Waals surface area contributed by atoms with Crippen molar-refractivity contribution in [1.82, 2.24) is 20.2 Å². The van der Waals surface area contributed by atoms with Crippen molar-refractivity contribution in [2.75, 3.05) is 38.1 Å². The van der Waals surface area contributed by atoms with E-state index >= 15 is 0 Å². The molecule has 0 unspecified atom stereocenters. The minimum absolute atomic E-state index is 0.172. The maximum absolute atomic E-state index is 12.0. The lowest BCUT2D eigenvalue weighted by molar-refractivity contribution is 0.0946. The van der Waals surface area contributed by atoms with Crippen molar-refractivity contribution in [3.63, 3.8) is 0 Å². The van der Waals surface area contributed by atoms with E-state index in [4.69, 9.17) is 0 Å². The van der Waals surface area contributed by atoms with Crippen LogP contribution in [0.25, 0.3) is 0 Å². The van der Waals surface area contributed by atoms with E-state index in [0.29, 0.717) is 12.2 Å². The Morgan fingerprint density at radius 3 is 2.61 bits per heavy atom. The van der Waals surface area contributed by atoms with Crippen LogP contribution in [0.1, 0.15) is 16.1 Å². The number of rotatable bonds is 4. The molecular weight excluding hydrogens is 290 g/mol. The van der Waals surface area contributed by atoms with E-state index in [2.05, 4.69) is 32.1 Å². The fourth-order valence-corrected chi connectivity index (χ4v) is 2.51. The third-order valence-corrected chi connectivity index (χ3v) is 3.99. The molecule has 1 fully saturated rings. The number of carbonyl (C=O) groups is 1. The van der Waals surface area contributed by atoms with E-state index in [1.54, 1.807) is 24.4 Å². The number of nitrogens with one attached hydrogen (secondary N) is 1. The van der Waals surface area contributed by atoms with Gasteiger partial charge in [0.05, 0.1) is 0 Å². The number of nitrogens with zero attached hydrogens (tertiary/aromatic N) is 4. The van der Waals surface area contributed by atoms with E-state index in [1.807, 2.05) is 18.3 Å². The zero-order valence-electron chi connectivity index (χ0n) is 13.3. The summed E-state index contributed by atoms with van der Waals surface area (Å²) >= 11 is 0. The van der Waals surface area contributed by atoms with Gasteiger partial charge in [-0.2, -0.15) is 0 Å². The molecular formula is C17H21N5O. The summed E-state index contributed by atoms with van der Waals surface area (Å²) in [5.74, 6) is 0.826. The Kier molecular flexibility index (Phi) is 4.83. The molecule has 23 heavy (non-hydrogen) atoms. The highest BCUT2D eigenvalue weighted by atomic mass is 16.1. The van der Waals surface area contributed by atoms with Crippen molar-refractivity contribution in [3.05, 3.63) is 54.0 Å². The molecule has 6 heteroatoms. The SMILES string of the molecule is CN1CCN(c2ccc(CNC(=O)c3ccccn3)cn2)CC1. The Labute approximate surface area is 136 Å². The summed E-state index contributed by atoms with van der Waals surface area (Å²) in [5, 5.41) is 2.86. The summed E-state index contributed by atoms with van der Waals surface area (Å²) in [4.78, 5) is 25.1. The van der Waals surface area contributed by atoms with Gasteiger partial charge in [0, 0.05) is 45.1 Å². The van der Waals surface area contributed by atoms with Gasteiger partial charge in [-0.25, -0.2) is 4.98 Å². The van der Waals surface area contributed by atoms with E-state index in [0.717, 1.165) is 37.6 Å². The molecule has 0 aromatic carbocycles. The van der Waals surface area contributed by atoms with Crippen LogP contribution in [0.2, 0.25) is 0 Å². The summed E-state index contributed by atoms with van der Waals surface area (Å²) in [6.45, 7) is 4.57. The number of hydrogen-bond donors (Lipinski definition) is 1. The van der Waals surface area contributed by atoms with Crippen LogP contribution < -0.4 is 10.2 Å². The van der Waals surface area contributed by atoms with Crippen LogP contribution in [0.5, 0.6) is 0 Å². The third-order valence-electron chi connectivity index (χ3n) is 3.99. The Morgan fingerprint density at radius 1 is 1.13 bits per heavy atom. The lowest BCUT2D eigenvalue weighted by Gasteiger charge is -2.33. The molecule has 1 N–H and O–H groups in total. The van der Waals surface area contributed by atoms with Gasteiger partial charge >= 0.3 is 0 Å². The molecule has 1 aliphatic rings. The maximum Gasteiger partial charge on any atom is 0.270 e. The smallest absolute Gasteiger partial charge is 0.270 e. The highest BCUT2D eigenvalue weighted by Crippen LogP contribution is 2.13. The Balaban J connectivity index is 1.54. The van der Waals surface area contributed by atoms with Gasteiger partial charge < -0.3 is 15.1 Å². The molecule has 0 aliphatic carbocycles. The van der Waals surface area contributed by atoms with Crippen molar-refractivity contribution in [3.8, 4) is 0 Å². The normalized spacial score (nSPS) is 15.4. The molecule has 0 radical (unpaired) electrons. The molecule has 0 spiro atoms. The van der Waals surface area contributed by atoms with Gasteiger partial charge in [-0.15, -0.1) is 0 Å². The van der Waals surface area contributed by atoms with Gasteiger partial charge in [0.2, 0.25) is 0 Å². The van der Waals surface area contributed by atoms with Crippen molar-refractivity contribution < 1.29 is 4.79 Å². The van der Waals surface area contributed by atoms with E-state index < -0.39 is 0 Å². The number of pyridine rings is 2. The molecule has 3 heterocycles. The van der Waals surface area contributed by atoms with Gasteiger partial charge in [0.1, 0.15) is 11.5 Å². The van der Waals surface area contributed by atoms with Crippen molar-refractivity contribution >= 4 is 11.7 Å². The second kappa shape index (κ2) is 7.19. The summed E-state index contributed by atoms with van der Waals surface area (Å²) < 4.78 is 0. The zero-order valence-corrected chi connectivity index (χ0v) is 13.3. The number of likely N-dealkylation sites (N-methyl/N-ethyl adjacent to an activating group) is 1. The molecule has 6 nitrogen and oxygen atoms in total. The quantitative estimate of drug-likeness (QED) is 0.918. The molecule has 1 saturated heterocycles. The van der Waals surface area contributed by atoms with E-state index in [1.165, 1.54) is 0 Å². The first-order valence-corrected chi connectivity index (χ1v) is 7.80. The van der Waals surface area contributed by atoms with Gasteiger partial charge in [-0.3, -0.25) is 9.78 Å². The molecule has 1 amide bonds. The number of amides is 1. The summed E-state index contributed by atoms with van der Waals surface area (Å²) in [6, 6.07) is 9.32. The Hall–Kier alpha value is -2.47. The second-order valence-electron chi connectivity index (χ2n) is 5.71. The third kappa shape index (κ3) is 4.04. The van der Waals surface area contributed by atoms with Crippen LogP contribution in [-0.4, -0.2) is 54.0 Å². The Bertz CT molecular complexity index is 636. The number of carbonyl (C=O) groups excluding carboxylic acids is 1. The first kappa shape index (κ1) is 15.4. The molecule has 120 valence electrons. The van der Waals surface area contributed by atoms with Crippen LogP contribution in [-0.2, 0) is 6.54 Å². The van der Waals surface area contributed by atoms with Gasteiger partial charge in [0.25, 0.3) is 5.91 Å². The van der Waals surface area contributed by atoms with Crippen molar-refractivity contribution in [2.45, 2.75) is 6.54 Å². The number of piperazine rings is 1. The minimum atomic E-state index is -0.172. The number of hydrogen-bond acceptors (Lipinski definition) is 5. The van der Waals surface area contributed by atoms with Crippen molar-refractivity contribution in [2.24, 2.45) is 0 Å². The first-order valence-electron chi connectivity index (χ1n) is 7.80. The fourth-order valence-electron chi connectivity index (χ4n) is 2.51. The lowest BCUT2D eigenvalue weighted by atomic mass is 10.2. The van der Waals surface area contributed by atoms with Crippen LogP contribution in [0, 0.1) is 0 Å². The maximum atomic E-state index is 12.0. The standard InChI is InChI=1S/C17H21N5O/c1-21-8-10-22(11-9-21)16-6-5-14(12-19-16)13-20-17(23)15-4-2-3-7-18-15/h2-7,12H,8-11,13H2,1H3,(H,20,23). The van der Waals surface area contributed by atoms with Gasteiger partial charge in [-0.05, 0) is 30.8 Å². The molecule has 2 aromatic heterocycles. The van der Waals surface area contributed by atoms with Crippen molar-refractivity contribution in [1.29, 1.82) is 0 Å². The highest BCUT2D eigenvalue weighted by molar-refractivity contribution is 5.92. The Morgan fingerprint density at radius 2 is 1.96 bits per heavy atom. The zero-order chi connectivity index (χ0) is 16.1. The molecule has 1 aliphatic heterocycles. The van der Waals surface area contributed by atoms with Crippen LogP contribution in [0.4, 0.5) is 5.82 Å². The monoisotopic (exact) mass is 311 g/mol. The topological polar surface area (TPSA) is 61.4 Å². The average molecular weight is 311 g/mol. The first-order chi connectivity index (χ1) is 11.2. The van der Waals surface area contributed by atoms with Gasteiger partial charge in [-0.1, -0.05) is 12.1 Å². The highest BCUT2D eigenvalue weighted by Gasteiger charge is 2.15. The fraction of sp³-hybridized carbons (Fsp3) is 0.353. The summed E-state index contributed by atoms with van der Waals surface area (Å²) in [6.07, 6.45) is 3.44. The molecule has 3 rings (SSSR count). The largest absolute Gasteiger partial charge is 0.354 e. The van der Waals surface area contributed by atoms with Gasteiger partial charge in [0.15, 0.2) is 0 Å². The van der Waals surface area contributed by atoms with Crippen LogP contribution in [0.3, 0.4) is 0 Å². The van der Waals surface area contributed by atoms with Crippen LogP contribution in [0.15, 0.2) is 42.7 Å². The number of aromatic nitrogens is 2. The predicted octanol–water partition coefficient (Wildman–Crippen LogP) is 1.16. The molecule has 0 atom stereocenters. The summed E-state index contributed by atoms with van der Waals surface area (Å²) in [5.41, 5.74) is 1.40. The van der Waals surface area contributed by atoms with Crippen LogP contribution >= 0.6 is 0 Å². The molecule has 2 aromatic rings. The lowest BCUT2D eigenvalue weighted by Crippen LogP contribution is -2.44. The van der Waals surface area contributed by atoms with E-state index in [-0.39, 0.29) is 5.91 Å². The predicted molar refractivity (Wildman–Crippen MR) is 89.4 cm³/mol. The number of anilines is 1. The second-order valence-corrected chi connectivity index (χ2v) is 5.71. The summed E-state index contributed by atoms with van der Waals surface area (Å²) in [7, 11) is 2.14. The average Bonchev–Trinajstić information content (AvgIpc) is 2.61. The molecule has 0 saturated carbocycles. The minimum Gasteiger partial charge on any atom is -0.354 e. The van der Waals surface area contributed by atoms with E-state index in [9.17, 15) is 4.79 Å². The molecule has 0 bridgehead atoms.